The van der Waals surface area contributed by atoms with E-state index in [9.17, 15) is 9.13 Å². The lowest BCUT2D eigenvalue weighted by Crippen LogP contribution is -2.23. The molecule has 9 heteroatoms. The van der Waals surface area contributed by atoms with Crippen LogP contribution in [0, 0.1) is 0 Å². The SMILES string of the molecule is O=P(O)(O)c1cc[nH]c1P(=O)(O)O. The van der Waals surface area contributed by atoms with Gasteiger partial charge >= 0.3 is 15.2 Å². The average Bonchev–Trinajstić information content (AvgIpc) is 2.27. The fraction of sp³-hybridized carbons (Fsp3) is 0. The summed E-state index contributed by atoms with van der Waals surface area (Å²) >= 11 is 0. The highest BCUT2D eigenvalue weighted by Crippen LogP contribution is 2.39. The Balaban J connectivity index is 3.35. The molecule has 0 unspecified atom stereocenters. The number of hydrogen-bond acceptors (Lipinski definition) is 2. The first kappa shape index (κ1) is 10.7. The second-order valence-corrected chi connectivity index (χ2v) is 5.40. The summed E-state index contributed by atoms with van der Waals surface area (Å²) in [6.07, 6.45) is 1.06. The number of aromatic nitrogens is 1. The van der Waals surface area contributed by atoms with Crippen molar-refractivity contribution < 1.29 is 28.7 Å². The van der Waals surface area contributed by atoms with Crippen molar-refractivity contribution in [3.05, 3.63) is 12.3 Å². The van der Waals surface area contributed by atoms with Gasteiger partial charge in [0.05, 0.1) is 5.30 Å². The Hall–Kier alpha value is -0.420. The highest BCUT2D eigenvalue weighted by atomic mass is 31.2. The highest BCUT2D eigenvalue weighted by molar-refractivity contribution is 7.66. The molecule has 0 spiro atoms. The molecule has 5 N–H and O–H groups in total. The maximum atomic E-state index is 10.7. The molecule has 1 aromatic rings. The minimum atomic E-state index is -4.65. The molecule has 0 bridgehead atoms. The van der Waals surface area contributed by atoms with E-state index in [1.165, 1.54) is 0 Å². The van der Waals surface area contributed by atoms with Crippen molar-refractivity contribution in [3.63, 3.8) is 0 Å². The molecule has 0 saturated carbocycles. The standard InChI is InChI=1S/C4H7NO6P2/c6-12(7,8)3-1-2-5-4(3)13(9,10)11/h1-2,5H,(H2,6,7,8)(H2,9,10,11). The van der Waals surface area contributed by atoms with E-state index in [4.69, 9.17) is 19.6 Å². The monoisotopic (exact) mass is 227 g/mol. The smallest absolute Gasteiger partial charge is 0.354 e. The topological polar surface area (TPSA) is 131 Å². The first-order valence-electron chi connectivity index (χ1n) is 3.02. The summed E-state index contributed by atoms with van der Waals surface area (Å²) in [5.41, 5.74) is -0.735. The van der Waals surface area contributed by atoms with Crippen LogP contribution in [0.1, 0.15) is 0 Å². The molecule has 0 aliphatic rings. The third kappa shape index (κ3) is 2.28. The molecule has 1 aromatic heterocycles. The molecule has 74 valence electrons. The lowest BCUT2D eigenvalue weighted by molar-refractivity contribution is 0.380. The van der Waals surface area contributed by atoms with Crippen LogP contribution in [0.15, 0.2) is 12.3 Å². The maximum absolute atomic E-state index is 10.7. The van der Waals surface area contributed by atoms with Crippen LogP contribution in [0.4, 0.5) is 0 Å². The van der Waals surface area contributed by atoms with Crippen LogP contribution in [0.3, 0.4) is 0 Å². The molecule has 0 atom stereocenters. The van der Waals surface area contributed by atoms with Crippen molar-refractivity contribution in [1.82, 2.24) is 4.98 Å². The molecule has 13 heavy (non-hydrogen) atoms. The number of aromatic amines is 1. The van der Waals surface area contributed by atoms with E-state index in [1.807, 2.05) is 0 Å². The summed E-state index contributed by atoms with van der Waals surface area (Å²) in [6.45, 7) is 0. The maximum Gasteiger partial charge on any atom is 0.373 e. The van der Waals surface area contributed by atoms with Crippen molar-refractivity contribution >= 4 is 25.9 Å². The van der Waals surface area contributed by atoms with E-state index in [0.29, 0.717) is 0 Å². The Kier molecular flexibility index (Phi) is 2.51. The van der Waals surface area contributed by atoms with E-state index >= 15 is 0 Å². The van der Waals surface area contributed by atoms with Gasteiger partial charge in [-0.3, -0.25) is 9.13 Å². The zero-order valence-electron chi connectivity index (χ0n) is 6.15. The Bertz CT molecular complexity index is 362. The summed E-state index contributed by atoms with van der Waals surface area (Å²) in [4.78, 5) is 36.8. The zero-order valence-corrected chi connectivity index (χ0v) is 7.94. The van der Waals surface area contributed by atoms with Crippen molar-refractivity contribution in [1.29, 1.82) is 0 Å². The Morgan fingerprint density at radius 1 is 1.08 bits per heavy atom. The Labute approximate surface area is 72.7 Å². The summed E-state index contributed by atoms with van der Waals surface area (Å²) in [6, 6.07) is 0.940. The quantitative estimate of drug-likeness (QED) is 0.396. The second-order valence-electron chi connectivity index (χ2n) is 2.30. The van der Waals surface area contributed by atoms with E-state index in [1.54, 1.807) is 0 Å². The molecule has 7 nitrogen and oxygen atoms in total. The van der Waals surface area contributed by atoms with Crippen molar-refractivity contribution in [2.24, 2.45) is 0 Å². The van der Waals surface area contributed by atoms with Gasteiger partial charge in [-0.05, 0) is 6.07 Å². The molecular formula is C4H7NO6P2. The largest absolute Gasteiger partial charge is 0.373 e. The molecule has 0 radical (unpaired) electrons. The molecule has 0 saturated heterocycles. The van der Waals surface area contributed by atoms with Gasteiger partial charge in [0, 0.05) is 6.20 Å². The molecule has 0 amide bonds. The van der Waals surface area contributed by atoms with Gasteiger partial charge in [-0.1, -0.05) is 0 Å². The van der Waals surface area contributed by atoms with Gasteiger partial charge in [0.15, 0.2) is 0 Å². The van der Waals surface area contributed by atoms with Gasteiger partial charge in [0.1, 0.15) is 5.44 Å². The molecule has 1 rings (SSSR count). The van der Waals surface area contributed by atoms with Crippen LogP contribution in [-0.4, -0.2) is 24.6 Å². The Morgan fingerprint density at radius 2 is 1.62 bits per heavy atom. The van der Waals surface area contributed by atoms with E-state index < -0.39 is 25.9 Å². The third-order valence-electron chi connectivity index (χ3n) is 1.31. The van der Waals surface area contributed by atoms with Crippen molar-refractivity contribution in [2.45, 2.75) is 0 Å². The van der Waals surface area contributed by atoms with Gasteiger partial charge in [-0.15, -0.1) is 0 Å². The number of H-pyrrole nitrogens is 1. The van der Waals surface area contributed by atoms with Gasteiger partial charge in [-0.25, -0.2) is 0 Å². The predicted molar refractivity (Wildman–Crippen MR) is 44.1 cm³/mol. The average molecular weight is 227 g/mol. The van der Waals surface area contributed by atoms with E-state index in [0.717, 1.165) is 12.3 Å². The summed E-state index contributed by atoms with van der Waals surface area (Å²) in [7, 11) is -9.28. The van der Waals surface area contributed by atoms with Gasteiger partial charge < -0.3 is 24.6 Å². The molecular weight excluding hydrogens is 220 g/mol. The van der Waals surface area contributed by atoms with Gasteiger partial charge in [0.2, 0.25) is 0 Å². The molecule has 0 aliphatic heterocycles. The van der Waals surface area contributed by atoms with Crippen LogP contribution < -0.4 is 10.7 Å². The normalized spacial score (nSPS) is 13.2. The first-order valence-corrected chi connectivity index (χ1v) is 6.25. The lowest BCUT2D eigenvalue weighted by Gasteiger charge is -2.06. The van der Waals surface area contributed by atoms with Gasteiger partial charge in [0.25, 0.3) is 0 Å². The van der Waals surface area contributed by atoms with Crippen LogP contribution in [0.2, 0.25) is 0 Å². The Morgan fingerprint density at radius 3 is 1.92 bits per heavy atom. The molecule has 1 heterocycles. The fourth-order valence-electron chi connectivity index (χ4n) is 0.821. The zero-order chi connectivity index (χ0) is 10.3. The highest BCUT2D eigenvalue weighted by Gasteiger charge is 2.31. The fourth-order valence-corrected chi connectivity index (χ4v) is 2.83. The van der Waals surface area contributed by atoms with Crippen LogP contribution in [-0.2, 0) is 9.13 Å². The minimum absolute atomic E-state index is 0.666. The van der Waals surface area contributed by atoms with Crippen LogP contribution >= 0.6 is 15.2 Å². The molecule has 0 aromatic carbocycles. The van der Waals surface area contributed by atoms with Crippen LogP contribution in [0.25, 0.3) is 0 Å². The third-order valence-corrected chi connectivity index (χ3v) is 3.44. The first-order chi connectivity index (χ1) is 5.73. The second kappa shape index (κ2) is 3.06. The van der Waals surface area contributed by atoms with Crippen molar-refractivity contribution in [3.8, 4) is 0 Å². The summed E-state index contributed by atoms with van der Waals surface area (Å²) < 4.78 is 21.4. The van der Waals surface area contributed by atoms with E-state index in [-0.39, 0.29) is 0 Å². The number of hydrogen-bond donors (Lipinski definition) is 5. The predicted octanol–water partition coefficient (Wildman–Crippen LogP) is -1.38. The van der Waals surface area contributed by atoms with Crippen LogP contribution in [0.5, 0.6) is 0 Å². The lowest BCUT2D eigenvalue weighted by atomic mass is 10.7. The van der Waals surface area contributed by atoms with E-state index in [2.05, 4.69) is 4.98 Å². The number of nitrogens with one attached hydrogen (secondary N) is 1. The minimum Gasteiger partial charge on any atom is -0.354 e. The van der Waals surface area contributed by atoms with Gasteiger partial charge in [-0.2, -0.15) is 0 Å². The van der Waals surface area contributed by atoms with Crippen molar-refractivity contribution in [2.75, 3.05) is 0 Å². The number of rotatable bonds is 2. The molecule has 0 fully saturated rings. The summed E-state index contributed by atoms with van der Waals surface area (Å²) in [5.74, 6) is 0. The summed E-state index contributed by atoms with van der Waals surface area (Å²) in [5, 5.41) is -0.666. The molecule has 0 aliphatic carbocycles.